The topological polar surface area (TPSA) is 67.2 Å². The van der Waals surface area contributed by atoms with Crippen molar-refractivity contribution in [3.05, 3.63) is 48.3 Å². The smallest absolute Gasteiger partial charge is 0.246 e. The van der Waals surface area contributed by atoms with E-state index >= 15 is 0 Å². The highest BCUT2D eigenvalue weighted by Gasteiger charge is 2.06. The Kier molecular flexibility index (Phi) is 3.52. The average molecular weight is 231 g/mol. The lowest BCUT2D eigenvalue weighted by molar-refractivity contribution is -0.116. The number of carbonyl (C=O) groups is 1. The first-order chi connectivity index (χ1) is 8.29. The summed E-state index contributed by atoms with van der Waals surface area (Å²) >= 11 is 0. The van der Waals surface area contributed by atoms with Crippen LogP contribution >= 0.6 is 0 Å². The molecule has 1 aromatic carbocycles. The highest BCUT2D eigenvalue weighted by atomic mass is 16.3. The molecule has 0 aliphatic rings. The minimum absolute atomic E-state index is 0.0990. The number of carbonyl (C=O) groups excluding carboxylic acids is 1. The van der Waals surface area contributed by atoms with E-state index < -0.39 is 0 Å². The molecule has 88 valence electrons. The summed E-state index contributed by atoms with van der Waals surface area (Å²) in [6, 6.07) is 8.91. The van der Waals surface area contributed by atoms with Crippen LogP contribution in [0.1, 0.15) is 5.56 Å². The van der Waals surface area contributed by atoms with Crippen LogP contribution in [0, 0.1) is 0 Å². The molecule has 0 spiro atoms. The maximum absolute atomic E-state index is 11.7. The Labute approximate surface area is 98.7 Å². The fourth-order valence-corrected chi connectivity index (χ4v) is 1.51. The van der Waals surface area contributed by atoms with Crippen molar-refractivity contribution in [3.63, 3.8) is 0 Å². The van der Waals surface area contributed by atoms with Crippen LogP contribution in [0.15, 0.2) is 42.7 Å². The Morgan fingerprint density at radius 2 is 2.18 bits per heavy atom. The van der Waals surface area contributed by atoms with Crippen LogP contribution in [0.3, 0.4) is 0 Å². The van der Waals surface area contributed by atoms with E-state index in [-0.39, 0.29) is 19.1 Å². The molecule has 2 N–H and O–H groups in total. The van der Waals surface area contributed by atoms with Gasteiger partial charge in [-0.15, -0.1) is 0 Å². The van der Waals surface area contributed by atoms with Gasteiger partial charge < -0.3 is 10.4 Å². The Balaban J connectivity index is 2.03. The molecule has 0 atom stereocenters. The molecule has 2 rings (SSSR count). The van der Waals surface area contributed by atoms with E-state index in [2.05, 4.69) is 10.4 Å². The summed E-state index contributed by atoms with van der Waals surface area (Å²) in [5.41, 5.74) is 1.33. The van der Waals surface area contributed by atoms with E-state index in [0.717, 1.165) is 0 Å². The first-order valence-electron chi connectivity index (χ1n) is 5.25. The minimum atomic E-state index is -0.172. The number of nitrogens with one attached hydrogen (secondary N) is 1. The zero-order valence-electron chi connectivity index (χ0n) is 9.21. The molecule has 0 unspecified atom stereocenters. The molecule has 2 aromatic rings. The van der Waals surface area contributed by atoms with Gasteiger partial charge in [0.2, 0.25) is 5.91 Å². The molecule has 1 amide bonds. The molecule has 0 bridgehead atoms. The van der Waals surface area contributed by atoms with Gasteiger partial charge in [-0.25, -0.2) is 0 Å². The van der Waals surface area contributed by atoms with Crippen molar-refractivity contribution in [3.8, 4) is 0 Å². The second-order valence-electron chi connectivity index (χ2n) is 3.57. The zero-order valence-corrected chi connectivity index (χ0v) is 9.21. The summed E-state index contributed by atoms with van der Waals surface area (Å²) in [5, 5.41) is 15.8. The van der Waals surface area contributed by atoms with E-state index in [9.17, 15) is 4.79 Å². The third kappa shape index (κ3) is 2.92. The molecule has 0 radical (unpaired) electrons. The van der Waals surface area contributed by atoms with Crippen molar-refractivity contribution in [1.82, 2.24) is 9.78 Å². The van der Waals surface area contributed by atoms with E-state index in [1.54, 1.807) is 30.6 Å². The van der Waals surface area contributed by atoms with Gasteiger partial charge in [-0.1, -0.05) is 18.2 Å². The van der Waals surface area contributed by atoms with Crippen molar-refractivity contribution in [2.45, 2.75) is 13.2 Å². The number of aromatic nitrogens is 2. The normalized spacial score (nSPS) is 10.2. The number of para-hydroxylation sites is 1. The van der Waals surface area contributed by atoms with Crippen molar-refractivity contribution < 1.29 is 9.90 Å². The third-order valence-electron chi connectivity index (χ3n) is 2.33. The van der Waals surface area contributed by atoms with E-state index in [4.69, 9.17) is 5.11 Å². The van der Waals surface area contributed by atoms with Gasteiger partial charge in [0, 0.05) is 23.6 Å². The fraction of sp³-hybridized carbons (Fsp3) is 0.167. The van der Waals surface area contributed by atoms with Gasteiger partial charge in [0.05, 0.1) is 6.61 Å². The predicted molar refractivity (Wildman–Crippen MR) is 63.2 cm³/mol. The van der Waals surface area contributed by atoms with Gasteiger partial charge in [-0.3, -0.25) is 9.48 Å². The highest BCUT2D eigenvalue weighted by Crippen LogP contribution is 2.14. The Morgan fingerprint density at radius 3 is 2.88 bits per heavy atom. The molecule has 0 saturated heterocycles. The molecule has 5 heteroatoms. The first kappa shape index (κ1) is 11.3. The van der Waals surface area contributed by atoms with Crippen molar-refractivity contribution in [1.29, 1.82) is 0 Å². The second kappa shape index (κ2) is 5.27. The lowest BCUT2D eigenvalue weighted by Crippen LogP contribution is -2.19. The van der Waals surface area contributed by atoms with Crippen LogP contribution in [-0.2, 0) is 17.9 Å². The fourth-order valence-electron chi connectivity index (χ4n) is 1.51. The lowest BCUT2D eigenvalue weighted by atomic mass is 10.2. The quantitative estimate of drug-likeness (QED) is 0.825. The summed E-state index contributed by atoms with van der Waals surface area (Å²) in [6.45, 7) is 0.0605. The maximum Gasteiger partial charge on any atom is 0.246 e. The number of hydrogen-bond acceptors (Lipinski definition) is 3. The number of hydrogen-bond donors (Lipinski definition) is 2. The first-order valence-corrected chi connectivity index (χ1v) is 5.25. The van der Waals surface area contributed by atoms with Crippen molar-refractivity contribution >= 4 is 11.6 Å². The van der Waals surface area contributed by atoms with Crippen LogP contribution in [0.4, 0.5) is 5.69 Å². The summed E-state index contributed by atoms with van der Waals surface area (Å²) in [4.78, 5) is 11.7. The summed E-state index contributed by atoms with van der Waals surface area (Å²) in [7, 11) is 0. The van der Waals surface area contributed by atoms with Crippen molar-refractivity contribution in [2.24, 2.45) is 0 Å². The molecular weight excluding hydrogens is 218 g/mol. The SMILES string of the molecule is O=C(Cn1cccn1)Nc1ccccc1CO. The van der Waals surface area contributed by atoms with Gasteiger partial charge in [-0.2, -0.15) is 5.10 Å². The van der Waals surface area contributed by atoms with Gasteiger partial charge in [-0.05, 0) is 12.1 Å². The summed E-state index contributed by atoms with van der Waals surface area (Å²) in [6.07, 6.45) is 3.34. The number of amides is 1. The number of aliphatic hydroxyl groups is 1. The Morgan fingerprint density at radius 1 is 1.35 bits per heavy atom. The average Bonchev–Trinajstić information content (AvgIpc) is 2.82. The number of benzene rings is 1. The van der Waals surface area contributed by atoms with E-state index in [1.807, 2.05) is 12.1 Å². The zero-order chi connectivity index (χ0) is 12.1. The molecular formula is C12H13N3O2. The number of rotatable bonds is 4. The number of anilines is 1. The van der Waals surface area contributed by atoms with Gasteiger partial charge in [0.15, 0.2) is 0 Å². The van der Waals surface area contributed by atoms with Crippen LogP contribution in [0.25, 0.3) is 0 Å². The van der Waals surface area contributed by atoms with E-state index in [1.165, 1.54) is 4.68 Å². The Bertz CT molecular complexity index is 494. The molecule has 0 saturated carbocycles. The van der Waals surface area contributed by atoms with Gasteiger partial charge in [0.25, 0.3) is 0 Å². The molecule has 0 aliphatic heterocycles. The van der Waals surface area contributed by atoms with Crippen LogP contribution in [0.5, 0.6) is 0 Å². The number of nitrogens with zero attached hydrogens (tertiary/aromatic N) is 2. The predicted octanol–water partition coefficient (Wildman–Crippen LogP) is 1.01. The monoisotopic (exact) mass is 231 g/mol. The Hall–Kier alpha value is -2.14. The number of aliphatic hydroxyl groups excluding tert-OH is 1. The van der Waals surface area contributed by atoms with E-state index in [0.29, 0.717) is 11.3 Å². The standard InChI is InChI=1S/C12H13N3O2/c16-9-10-4-1-2-5-11(10)14-12(17)8-15-7-3-6-13-15/h1-7,16H,8-9H2,(H,14,17). The maximum atomic E-state index is 11.7. The largest absolute Gasteiger partial charge is 0.392 e. The summed E-state index contributed by atoms with van der Waals surface area (Å²) < 4.78 is 1.54. The summed E-state index contributed by atoms with van der Waals surface area (Å²) in [5.74, 6) is -0.172. The van der Waals surface area contributed by atoms with Crippen molar-refractivity contribution in [2.75, 3.05) is 5.32 Å². The van der Waals surface area contributed by atoms with Gasteiger partial charge >= 0.3 is 0 Å². The molecule has 0 aliphatic carbocycles. The van der Waals surface area contributed by atoms with Crippen LogP contribution in [0.2, 0.25) is 0 Å². The third-order valence-corrected chi connectivity index (χ3v) is 2.33. The molecule has 17 heavy (non-hydrogen) atoms. The molecule has 1 aromatic heterocycles. The molecule has 0 fully saturated rings. The highest BCUT2D eigenvalue weighted by molar-refractivity contribution is 5.91. The molecule has 5 nitrogen and oxygen atoms in total. The molecule has 1 heterocycles. The van der Waals surface area contributed by atoms with Crippen LogP contribution < -0.4 is 5.32 Å². The second-order valence-corrected chi connectivity index (χ2v) is 3.57. The van der Waals surface area contributed by atoms with Crippen LogP contribution in [-0.4, -0.2) is 20.8 Å². The minimum Gasteiger partial charge on any atom is -0.392 e. The lowest BCUT2D eigenvalue weighted by Gasteiger charge is -2.09. The van der Waals surface area contributed by atoms with Gasteiger partial charge in [0.1, 0.15) is 6.54 Å².